The first-order valence-corrected chi connectivity index (χ1v) is 11.8. The Morgan fingerprint density at radius 3 is 2.22 bits per heavy atom. The molecule has 0 radical (unpaired) electrons. The molecule has 1 amide bonds. The number of hydrogen-bond acceptors (Lipinski definition) is 6. The predicted molar refractivity (Wildman–Crippen MR) is 123 cm³/mol. The summed E-state index contributed by atoms with van der Waals surface area (Å²) in [6.45, 7) is 7.62. The lowest BCUT2D eigenvalue weighted by Gasteiger charge is -2.17. The van der Waals surface area contributed by atoms with Gasteiger partial charge in [0.05, 0.1) is 25.2 Å². The van der Waals surface area contributed by atoms with Crippen molar-refractivity contribution < 1.29 is 27.4 Å². The minimum absolute atomic E-state index is 0.162. The molecule has 0 aliphatic carbocycles. The van der Waals surface area contributed by atoms with Crippen molar-refractivity contribution in [1.29, 1.82) is 0 Å². The summed E-state index contributed by atoms with van der Waals surface area (Å²) >= 11 is 0. The third-order valence-electron chi connectivity index (χ3n) is 4.78. The van der Waals surface area contributed by atoms with Crippen LogP contribution in [0.4, 0.5) is 0 Å². The Kier molecular flexibility index (Phi) is 8.91. The Morgan fingerprint density at radius 2 is 1.62 bits per heavy atom. The number of carbonyl (C=O) groups is 1. The summed E-state index contributed by atoms with van der Waals surface area (Å²) in [6, 6.07) is 9.72. The fraction of sp³-hybridized carbons (Fsp3) is 0.435. The number of nitrogens with one attached hydrogen (secondary N) is 2. The molecular weight excluding hydrogens is 432 g/mol. The van der Waals surface area contributed by atoms with Crippen LogP contribution in [-0.4, -0.2) is 41.7 Å². The molecule has 0 fully saturated rings. The first-order chi connectivity index (χ1) is 15.1. The van der Waals surface area contributed by atoms with Gasteiger partial charge in [0, 0.05) is 6.54 Å². The molecule has 2 rings (SSSR count). The molecule has 0 unspecified atom stereocenters. The maximum absolute atomic E-state index is 12.4. The molecule has 0 aromatic heterocycles. The maximum Gasteiger partial charge on any atom is 0.258 e. The van der Waals surface area contributed by atoms with Crippen molar-refractivity contribution in [3.05, 3.63) is 47.5 Å². The Bertz CT molecular complexity index is 1040. The topological polar surface area (TPSA) is 103 Å². The van der Waals surface area contributed by atoms with E-state index in [1.807, 2.05) is 26.8 Å². The molecule has 32 heavy (non-hydrogen) atoms. The molecule has 2 aromatic carbocycles. The Balaban J connectivity index is 1.98. The second-order valence-electron chi connectivity index (χ2n) is 7.87. The maximum atomic E-state index is 12.4. The Labute approximate surface area is 190 Å². The zero-order chi connectivity index (χ0) is 23.9. The number of rotatable bonds is 11. The van der Waals surface area contributed by atoms with Gasteiger partial charge < -0.3 is 19.5 Å². The van der Waals surface area contributed by atoms with Crippen LogP contribution in [0, 0.1) is 12.8 Å². The van der Waals surface area contributed by atoms with Crippen LogP contribution >= 0.6 is 0 Å². The number of carbonyl (C=O) groups excluding carboxylic acids is 1. The molecule has 0 aliphatic heterocycles. The monoisotopic (exact) mass is 464 g/mol. The highest BCUT2D eigenvalue weighted by Gasteiger charge is 2.17. The molecule has 0 saturated carbocycles. The average Bonchev–Trinajstić information content (AvgIpc) is 2.76. The van der Waals surface area contributed by atoms with Gasteiger partial charge >= 0.3 is 0 Å². The van der Waals surface area contributed by atoms with Crippen LogP contribution in [-0.2, 0) is 14.8 Å². The van der Waals surface area contributed by atoms with Gasteiger partial charge in [0.25, 0.3) is 5.91 Å². The van der Waals surface area contributed by atoms with Crippen LogP contribution in [0.3, 0.4) is 0 Å². The van der Waals surface area contributed by atoms with Crippen molar-refractivity contribution in [3.63, 3.8) is 0 Å². The zero-order valence-corrected chi connectivity index (χ0v) is 20.2. The molecule has 2 N–H and O–H groups in total. The highest BCUT2D eigenvalue weighted by molar-refractivity contribution is 7.89. The van der Waals surface area contributed by atoms with Gasteiger partial charge in [-0.05, 0) is 61.2 Å². The van der Waals surface area contributed by atoms with Crippen LogP contribution in [0.15, 0.2) is 41.3 Å². The minimum atomic E-state index is -3.59. The average molecular weight is 465 g/mol. The smallest absolute Gasteiger partial charge is 0.258 e. The van der Waals surface area contributed by atoms with Crippen molar-refractivity contribution in [2.24, 2.45) is 5.92 Å². The molecule has 8 nitrogen and oxygen atoms in total. The van der Waals surface area contributed by atoms with Crippen LogP contribution in [0.1, 0.15) is 37.9 Å². The van der Waals surface area contributed by atoms with E-state index in [1.54, 1.807) is 39.3 Å². The summed E-state index contributed by atoms with van der Waals surface area (Å²) in [5.74, 6) is 1.53. The number of ether oxygens (including phenoxy) is 3. The van der Waals surface area contributed by atoms with Crippen LogP contribution in [0.2, 0.25) is 0 Å². The molecule has 0 heterocycles. The summed E-state index contributed by atoms with van der Waals surface area (Å²) in [4.78, 5) is 12.5. The van der Waals surface area contributed by atoms with Crippen LogP contribution < -0.4 is 24.2 Å². The highest BCUT2D eigenvalue weighted by Crippen LogP contribution is 2.30. The summed E-state index contributed by atoms with van der Waals surface area (Å²) in [7, 11) is -0.472. The number of methoxy groups -OCH3 is 2. The fourth-order valence-corrected chi connectivity index (χ4v) is 4.24. The molecule has 1 atom stereocenters. The van der Waals surface area contributed by atoms with E-state index in [0.717, 1.165) is 5.56 Å². The molecular formula is C23H32N2O6S. The van der Waals surface area contributed by atoms with E-state index in [1.165, 1.54) is 12.1 Å². The lowest BCUT2D eigenvalue weighted by atomic mass is 10.1. The van der Waals surface area contributed by atoms with Gasteiger partial charge in [0.1, 0.15) is 5.75 Å². The van der Waals surface area contributed by atoms with Crippen molar-refractivity contribution in [1.82, 2.24) is 10.0 Å². The zero-order valence-electron chi connectivity index (χ0n) is 19.4. The minimum Gasteiger partial charge on any atom is -0.493 e. The van der Waals surface area contributed by atoms with Gasteiger partial charge in [-0.15, -0.1) is 0 Å². The van der Waals surface area contributed by atoms with Crippen LogP contribution in [0.5, 0.6) is 17.2 Å². The van der Waals surface area contributed by atoms with Crippen molar-refractivity contribution in [2.45, 2.75) is 38.6 Å². The summed E-state index contributed by atoms with van der Waals surface area (Å²) < 4.78 is 43.5. The second-order valence-corrected chi connectivity index (χ2v) is 9.63. The van der Waals surface area contributed by atoms with Gasteiger partial charge in [0.2, 0.25) is 10.0 Å². The van der Waals surface area contributed by atoms with Crippen molar-refractivity contribution >= 4 is 15.9 Å². The molecule has 0 spiro atoms. The number of sulfonamides is 1. The molecule has 2 aromatic rings. The first-order valence-electron chi connectivity index (χ1n) is 10.3. The van der Waals surface area contributed by atoms with Gasteiger partial charge in [-0.3, -0.25) is 4.79 Å². The van der Waals surface area contributed by atoms with E-state index in [2.05, 4.69) is 10.0 Å². The lowest BCUT2D eigenvalue weighted by Crippen LogP contribution is -2.31. The van der Waals surface area contributed by atoms with E-state index in [0.29, 0.717) is 29.4 Å². The highest BCUT2D eigenvalue weighted by atomic mass is 32.2. The van der Waals surface area contributed by atoms with Gasteiger partial charge in [0.15, 0.2) is 18.1 Å². The second kappa shape index (κ2) is 11.2. The van der Waals surface area contributed by atoms with Crippen molar-refractivity contribution in [2.75, 3.05) is 27.4 Å². The van der Waals surface area contributed by atoms with E-state index < -0.39 is 10.0 Å². The number of hydrogen-bond donors (Lipinski definition) is 2. The van der Waals surface area contributed by atoms with E-state index in [9.17, 15) is 13.2 Å². The number of benzene rings is 2. The Hall–Kier alpha value is -2.78. The van der Waals surface area contributed by atoms with Gasteiger partial charge in [-0.2, -0.15) is 0 Å². The molecule has 0 bridgehead atoms. The van der Waals surface area contributed by atoms with E-state index >= 15 is 0 Å². The normalized spacial score (nSPS) is 12.3. The van der Waals surface area contributed by atoms with E-state index in [4.69, 9.17) is 14.2 Å². The standard InChI is InChI=1S/C23H32N2O6S/c1-15(2)13-24-32(27,28)19-8-10-20(16(3)11-19)31-14-23(26)25-17(4)18-7-9-21(29-5)22(12-18)30-6/h7-12,15,17,24H,13-14H2,1-6H3,(H,25,26)/t17-/m0/s1. The molecule has 0 saturated heterocycles. The lowest BCUT2D eigenvalue weighted by molar-refractivity contribution is -0.123. The third-order valence-corrected chi connectivity index (χ3v) is 6.20. The fourth-order valence-electron chi connectivity index (χ4n) is 2.94. The van der Waals surface area contributed by atoms with Crippen LogP contribution in [0.25, 0.3) is 0 Å². The molecule has 9 heteroatoms. The van der Waals surface area contributed by atoms with Crippen molar-refractivity contribution in [3.8, 4) is 17.2 Å². The van der Waals surface area contributed by atoms with Gasteiger partial charge in [-0.25, -0.2) is 13.1 Å². The first kappa shape index (κ1) is 25.5. The predicted octanol–water partition coefficient (Wildman–Crippen LogP) is 3.20. The SMILES string of the molecule is COc1ccc([C@H](C)NC(=O)COc2ccc(S(=O)(=O)NCC(C)C)cc2C)cc1OC. The van der Waals surface area contributed by atoms with Gasteiger partial charge in [-0.1, -0.05) is 19.9 Å². The summed E-state index contributed by atoms with van der Waals surface area (Å²) in [5, 5.41) is 2.87. The third kappa shape index (κ3) is 6.86. The molecule has 0 aliphatic rings. The quantitative estimate of drug-likeness (QED) is 0.529. The summed E-state index contributed by atoms with van der Waals surface area (Å²) in [6.07, 6.45) is 0. The number of amides is 1. The Morgan fingerprint density at radius 1 is 0.969 bits per heavy atom. The number of aryl methyl sites for hydroxylation is 1. The van der Waals surface area contributed by atoms with E-state index in [-0.39, 0.29) is 29.4 Å². The molecule has 176 valence electrons. The largest absolute Gasteiger partial charge is 0.493 e. The summed E-state index contributed by atoms with van der Waals surface area (Å²) in [5.41, 5.74) is 1.48.